The van der Waals surface area contributed by atoms with Crippen molar-refractivity contribution in [3.8, 4) is 0 Å². The predicted octanol–water partition coefficient (Wildman–Crippen LogP) is 1.31. The maximum Gasteiger partial charge on any atom is 0.248 e. The number of carbonyl (C=O) groups excluding carboxylic acids is 1. The van der Waals surface area contributed by atoms with Crippen LogP contribution in [0.25, 0.3) is 0 Å². The van der Waals surface area contributed by atoms with Gasteiger partial charge in [-0.25, -0.2) is 8.42 Å². The van der Waals surface area contributed by atoms with Crippen molar-refractivity contribution in [3.05, 3.63) is 59.7 Å². The Morgan fingerprint density at radius 1 is 1.10 bits per heavy atom. The van der Waals surface area contributed by atoms with Gasteiger partial charge in [0.1, 0.15) is 0 Å². The Kier molecular flexibility index (Phi) is 4.13. The maximum absolute atomic E-state index is 12.1. The van der Waals surface area contributed by atoms with Crippen molar-refractivity contribution in [2.75, 3.05) is 10.5 Å². The zero-order valence-corrected chi connectivity index (χ0v) is 11.9. The molecule has 0 fully saturated rings. The van der Waals surface area contributed by atoms with E-state index in [2.05, 4.69) is 4.72 Å². The van der Waals surface area contributed by atoms with Crippen LogP contribution in [-0.4, -0.2) is 14.3 Å². The number of anilines is 2. The number of nitrogen functional groups attached to an aromatic ring is 1. The van der Waals surface area contributed by atoms with Gasteiger partial charge >= 0.3 is 0 Å². The number of benzene rings is 2. The first-order valence-electron chi connectivity index (χ1n) is 6.10. The number of rotatable bonds is 5. The molecular weight excluding hydrogens is 290 g/mol. The van der Waals surface area contributed by atoms with Crippen LogP contribution in [0.15, 0.2) is 48.5 Å². The lowest BCUT2D eigenvalue weighted by Gasteiger charge is -2.09. The van der Waals surface area contributed by atoms with Crippen LogP contribution < -0.4 is 16.2 Å². The minimum atomic E-state index is -3.60. The molecule has 0 unspecified atom stereocenters. The summed E-state index contributed by atoms with van der Waals surface area (Å²) in [5, 5.41) is 0. The fraction of sp³-hybridized carbons (Fsp3) is 0.0714. The van der Waals surface area contributed by atoms with Gasteiger partial charge in [0.05, 0.1) is 5.75 Å². The fourth-order valence-corrected chi connectivity index (χ4v) is 3.03. The van der Waals surface area contributed by atoms with Crippen LogP contribution in [0.4, 0.5) is 11.4 Å². The molecule has 0 atom stereocenters. The molecule has 2 aromatic rings. The lowest BCUT2D eigenvalue weighted by Crippen LogP contribution is -2.16. The minimum absolute atomic E-state index is 0.209. The van der Waals surface area contributed by atoms with Crippen molar-refractivity contribution >= 4 is 27.3 Å². The number of hydrogen-bond donors (Lipinski definition) is 3. The highest BCUT2D eigenvalue weighted by Gasteiger charge is 2.12. The van der Waals surface area contributed by atoms with Gasteiger partial charge in [-0.3, -0.25) is 9.52 Å². The van der Waals surface area contributed by atoms with E-state index in [-0.39, 0.29) is 17.0 Å². The summed E-state index contributed by atoms with van der Waals surface area (Å²) >= 11 is 0. The van der Waals surface area contributed by atoms with Crippen LogP contribution >= 0.6 is 0 Å². The number of sulfonamides is 1. The van der Waals surface area contributed by atoms with Crippen molar-refractivity contribution in [3.63, 3.8) is 0 Å². The smallest absolute Gasteiger partial charge is 0.248 e. The third-order valence-corrected chi connectivity index (χ3v) is 3.99. The van der Waals surface area contributed by atoms with Crippen molar-refractivity contribution in [2.24, 2.45) is 5.73 Å². The number of hydrogen-bond acceptors (Lipinski definition) is 4. The third-order valence-electron chi connectivity index (χ3n) is 2.73. The van der Waals surface area contributed by atoms with Crippen LogP contribution in [0.1, 0.15) is 15.9 Å². The van der Waals surface area contributed by atoms with Crippen molar-refractivity contribution in [2.45, 2.75) is 5.75 Å². The van der Waals surface area contributed by atoms with Gasteiger partial charge in [-0.05, 0) is 35.9 Å². The quantitative estimate of drug-likeness (QED) is 0.722. The highest BCUT2D eigenvalue weighted by Crippen LogP contribution is 2.15. The Labute approximate surface area is 122 Å². The molecule has 6 nitrogen and oxygen atoms in total. The van der Waals surface area contributed by atoms with Crippen LogP contribution in [0.3, 0.4) is 0 Å². The second kappa shape index (κ2) is 5.84. The molecule has 0 aliphatic rings. The van der Waals surface area contributed by atoms with Crippen LogP contribution in [-0.2, 0) is 15.8 Å². The summed E-state index contributed by atoms with van der Waals surface area (Å²) in [6.45, 7) is 0. The van der Waals surface area contributed by atoms with E-state index >= 15 is 0 Å². The normalized spacial score (nSPS) is 11.0. The van der Waals surface area contributed by atoms with Gasteiger partial charge in [0.25, 0.3) is 0 Å². The summed E-state index contributed by atoms with van der Waals surface area (Å²) < 4.78 is 26.6. The maximum atomic E-state index is 12.1. The van der Waals surface area contributed by atoms with Gasteiger partial charge in [0.15, 0.2) is 0 Å². The summed E-state index contributed by atoms with van der Waals surface area (Å²) in [4.78, 5) is 11.1. The topological polar surface area (TPSA) is 115 Å². The Balaban J connectivity index is 2.18. The summed E-state index contributed by atoms with van der Waals surface area (Å²) in [6, 6.07) is 12.6. The van der Waals surface area contributed by atoms with Gasteiger partial charge in [-0.1, -0.05) is 18.2 Å². The Morgan fingerprint density at radius 2 is 1.81 bits per heavy atom. The molecule has 0 radical (unpaired) electrons. The average molecular weight is 305 g/mol. The second-order valence-electron chi connectivity index (χ2n) is 4.55. The van der Waals surface area contributed by atoms with Gasteiger partial charge < -0.3 is 11.5 Å². The summed E-state index contributed by atoms with van der Waals surface area (Å²) in [5.74, 6) is -0.828. The lowest BCUT2D eigenvalue weighted by atomic mass is 10.2. The van der Waals surface area contributed by atoms with Gasteiger partial charge in [-0.2, -0.15) is 0 Å². The zero-order chi connectivity index (χ0) is 15.5. The molecule has 2 aromatic carbocycles. The number of amides is 1. The molecule has 5 N–H and O–H groups in total. The van der Waals surface area contributed by atoms with E-state index in [1.165, 1.54) is 12.1 Å². The van der Waals surface area contributed by atoms with Gasteiger partial charge in [0.2, 0.25) is 15.9 Å². The Morgan fingerprint density at radius 3 is 2.48 bits per heavy atom. The number of nitrogens with one attached hydrogen (secondary N) is 1. The molecule has 0 aliphatic carbocycles. The standard InChI is InChI=1S/C14H15N3O3S/c15-12-5-1-3-10(7-12)9-21(19,20)17-13-6-2-4-11(8-13)14(16)18/h1-8,17H,9,15H2,(H2,16,18). The second-order valence-corrected chi connectivity index (χ2v) is 6.27. The summed E-state index contributed by atoms with van der Waals surface area (Å²) in [7, 11) is -3.60. The molecule has 1 amide bonds. The van der Waals surface area contributed by atoms with E-state index in [0.717, 1.165) is 0 Å². The molecule has 0 aliphatic heterocycles. The number of carbonyl (C=O) groups is 1. The number of nitrogens with two attached hydrogens (primary N) is 2. The van der Waals surface area contributed by atoms with Gasteiger partial charge in [-0.15, -0.1) is 0 Å². The molecule has 7 heteroatoms. The predicted molar refractivity (Wildman–Crippen MR) is 82.1 cm³/mol. The van der Waals surface area contributed by atoms with Crippen molar-refractivity contribution in [1.82, 2.24) is 0 Å². The molecule has 2 rings (SSSR count). The Hall–Kier alpha value is -2.54. The van der Waals surface area contributed by atoms with Crippen LogP contribution in [0.5, 0.6) is 0 Å². The lowest BCUT2D eigenvalue weighted by molar-refractivity contribution is 0.100. The summed E-state index contributed by atoms with van der Waals surface area (Å²) in [6.07, 6.45) is 0. The largest absolute Gasteiger partial charge is 0.399 e. The third kappa shape index (κ3) is 4.22. The summed E-state index contributed by atoms with van der Waals surface area (Å²) in [5.41, 5.74) is 12.4. The molecule has 0 saturated heterocycles. The van der Waals surface area contributed by atoms with E-state index in [9.17, 15) is 13.2 Å². The van der Waals surface area contributed by atoms with Crippen molar-refractivity contribution < 1.29 is 13.2 Å². The highest BCUT2D eigenvalue weighted by molar-refractivity contribution is 7.91. The first-order valence-corrected chi connectivity index (χ1v) is 7.76. The SMILES string of the molecule is NC(=O)c1cccc(NS(=O)(=O)Cc2cccc(N)c2)c1. The molecule has 0 spiro atoms. The van der Waals surface area contributed by atoms with E-state index in [0.29, 0.717) is 11.3 Å². The van der Waals surface area contributed by atoms with E-state index in [4.69, 9.17) is 11.5 Å². The van der Waals surface area contributed by atoms with E-state index < -0.39 is 15.9 Å². The monoisotopic (exact) mass is 305 g/mol. The fourth-order valence-electron chi connectivity index (χ4n) is 1.85. The minimum Gasteiger partial charge on any atom is -0.399 e. The number of primary amides is 1. The molecule has 0 bridgehead atoms. The van der Waals surface area contributed by atoms with Crippen LogP contribution in [0.2, 0.25) is 0 Å². The van der Waals surface area contributed by atoms with E-state index in [1.54, 1.807) is 36.4 Å². The van der Waals surface area contributed by atoms with Gasteiger partial charge in [0, 0.05) is 16.9 Å². The first-order chi connectivity index (χ1) is 9.85. The van der Waals surface area contributed by atoms with E-state index in [1.807, 2.05) is 0 Å². The Bertz CT molecular complexity index is 773. The zero-order valence-electron chi connectivity index (χ0n) is 11.1. The molecule has 0 aromatic heterocycles. The van der Waals surface area contributed by atoms with Crippen LogP contribution in [0, 0.1) is 0 Å². The molecule has 0 heterocycles. The molecule has 21 heavy (non-hydrogen) atoms. The first kappa shape index (κ1) is 14.9. The van der Waals surface area contributed by atoms with Crippen molar-refractivity contribution in [1.29, 1.82) is 0 Å². The molecular formula is C14H15N3O3S. The highest BCUT2D eigenvalue weighted by atomic mass is 32.2. The average Bonchev–Trinajstić information content (AvgIpc) is 2.37. The molecule has 110 valence electrons. The molecule has 0 saturated carbocycles.